The van der Waals surface area contributed by atoms with E-state index in [1.54, 1.807) is 18.2 Å². The van der Waals surface area contributed by atoms with Crippen molar-refractivity contribution in [2.45, 2.75) is 13.5 Å². The number of hydrogen-bond acceptors (Lipinski definition) is 4. The summed E-state index contributed by atoms with van der Waals surface area (Å²) >= 11 is 12.2. The van der Waals surface area contributed by atoms with Gasteiger partial charge in [-0.05, 0) is 30.7 Å². The highest BCUT2D eigenvalue weighted by Gasteiger charge is 2.06. The summed E-state index contributed by atoms with van der Waals surface area (Å²) in [6.07, 6.45) is 0. The molecule has 24 heavy (non-hydrogen) atoms. The first-order valence-corrected chi connectivity index (χ1v) is 8.21. The fraction of sp³-hybridized carbons (Fsp3) is 0.111. The summed E-state index contributed by atoms with van der Waals surface area (Å²) < 4.78 is 0. The maximum Gasteiger partial charge on any atom is 0.225 e. The van der Waals surface area contributed by atoms with Crippen molar-refractivity contribution in [3.8, 4) is 0 Å². The van der Waals surface area contributed by atoms with E-state index in [1.807, 2.05) is 43.3 Å². The Morgan fingerprint density at radius 1 is 0.958 bits per heavy atom. The molecule has 0 aliphatic rings. The molecule has 0 aliphatic carbocycles. The summed E-state index contributed by atoms with van der Waals surface area (Å²) in [4.78, 5) is 8.89. The Hall–Kier alpha value is -2.30. The predicted molar refractivity (Wildman–Crippen MR) is 100 cm³/mol. The van der Waals surface area contributed by atoms with Crippen molar-refractivity contribution < 1.29 is 0 Å². The molecular formula is C18H16Cl2N4. The SMILES string of the molecule is Cc1cc(Nc2cc(Cl)ccc2Cl)nc(NCc2ccccc2)n1. The van der Waals surface area contributed by atoms with Gasteiger partial charge in [-0.3, -0.25) is 0 Å². The summed E-state index contributed by atoms with van der Waals surface area (Å²) in [6.45, 7) is 2.57. The standard InChI is InChI=1S/C18H16Cl2N4/c1-12-9-17(23-16-10-14(19)7-8-15(16)20)24-18(22-12)21-11-13-5-3-2-4-6-13/h2-10H,11H2,1H3,(H2,21,22,23,24). The van der Waals surface area contributed by atoms with Crippen molar-refractivity contribution in [2.75, 3.05) is 10.6 Å². The van der Waals surface area contributed by atoms with E-state index in [1.165, 1.54) is 0 Å². The first-order valence-electron chi connectivity index (χ1n) is 7.46. The van der Waals surface area contributed by atoms with Crippen LogP contribution in [0.15, 0.2) is 54.6 Å². The van der Waals surface area contributed by atoms with Crippen LogP contribution >= 0.6 is 23.2 Å². The van der Waals surface area contributed by atoms with E-state index in [0.717, 1.165) is 11.3 Å². The Bertz CT molecular complexity index is 838. The van der Waals surface area contributed by atoms with Crippen LogP contribution in [0.4, 0.5) is 17.5 Å². The number of aromatic nitrogens is 2. The van der Waals surface area contributed by atoms with Crippen molar-refractivity contribution in [3.05, 3.63) is 75.9 Å². The maximum absolute atomic E-state index is 6.19. The zero-order valence-electron chi connectivity index (χ0n) is 13.1. The minimum atomic E-state index is 0.555. The van der Waals surface area contributed by atoms with E-state index < -0.39 is 0 Å². The molecule has 2 N–H and O–H groups in total. The van der Waals surface area contributed by atoms with Crippen molar-refractivity contribution in [1.29, 1.82) is 0 Å². The zero-order valence-corrected chi connectivity index (χ0v) is 14.6. The van der Waals surface area contributed by atoms with Crippen LogP contribution in [0.1, 0.15) is 11.3 Å². The molecule has 0 saturated heterocycles. The molecule has 6 heteroatoms. The third-order valence-electron chi connectivity index (χ3n) is 3.34. The predicted octanol–water partition coefficient (Wildman–Crippen LogP) is 5.45. The Balaban J connectivity index is 1.77. The van der Waals surface area contributed by atoms with Crippen LogP contribution in [0.5, 0.6) is 0 Å². The van der Waals surface area contributed by atoms with E-state index in [-0.39, 0.29) is 0 Å². The highest BCUT2D eigenvalue weighted by Crippen LogP contribution is 2.28. The van der Waals surface area contributed by atoms with E-state index >= 15 is 0 Å². The molecule has 3 rings (SSSR count). The van der Waals surface area contributed by atoms with Gasteiger partial charge < -0.3 is 10.6 Å². The molecule has 0 unspecified atom stereocenters. The average Bonchev–Trinajstić information content (AvgIpc) is 2.57. The van der Waals surface area contributed by atoms with Gasteiger partial charge in [0.25, 0.3) is 0 Å². The summed E-state index contributed by atoms with van der Waals surface area (Å²) in [5.41, 5.74) is 2.72. The Kier molecular flexibility index (Phi) is 5.18. The van der Waals surface area contributed by atoms with Crippen molar-refractivity contribution in [3.63, 3.8) is 0 Å². The van der Waals surface area contributed by atoms with Gasteiger partial charge in [0.05, 0.1) is 10.7 Å². The average molecular weight is 359 g/mol. The number of aryl methyl sites for hydroxylation is 1. The first kappa shape index (κ1) is 16.6. The van der Waals surface area contributed by atoms with Gasteiger partial charge in [0, 0.05) is 23.3 Å². The Morgan fingerprint density at radius 3 is 2.54 bits per heavy atom. The molecule has 0 bridgehead atoms. The lowest BCUT2D eigenvalue weighted by Crippen LogP contribution is -2.06. The monoisotopic (exact) mass is 358 g/mol. The Labute approximate surface area is 150 Å². The van der Waals surface area contributed by atoms with Crippen molar-refractivity contribution in [1.82, 2.24) is 9.97 Å². The molecule has 0 saturated carbocycles. The summed E-state index contributed by atoms with van der Waals surface area (Å²) in [5, 5.41) is 7.60. The van der Waals surface area contributed by atoms with Gasteiger partial charge >= 0.3 is 0 Å². The molecule has 0 atom stereocenters. The van der Waals surface area contributed by atoms with Gasteiger partial charge in [0.1, 0.15) is 5.82 Å². The topological polar surface area (TPSA) is 49.8 Å². The lowest BCUT2D eigenvalue weighted by Gasteiger charge is -2.11. The number of anilines is 3. The Morgan fingerprint density at radius 2 is 1.75 bits per heavy atom. The largest absolute Gasteiger partial charge is 0.350 e. The fourth-order valence-corrected chi connectivity index (χ4v) is 2.56. The van der Waals surface area contributed by atoms with Gasteiger partial charge in [-0.1, -0.05) is 53.5 Å². The highest BCUT2D eigenvalue weighted by molar-refractivity contribution is 6.35. The number of rotatable bonds is 5. The minimum absolute atomic E-state index is 0.555. The fourth-order valence-electron chi connectivity index (χ4n) is 2.22. The minimum Gasteiger partial charge on any atom is -0.350 e. The molecule has 4 nitrogen and oxygen atoms in total. The molecule has 0 spiro atoms. The van der Waals surface area contributed by atoms with Gasteiger partial charge in [-0.2, -0.15) is 4.98 Å². The van der Waals surface area contributed by atoms with E-state index in [9.17, 15) is 0 Å². The number of halogens is 2. The molecule has 3 aromatic rings. The molecule has 1 heterocycles. The molecule has 1 aromatic heterocycles. The van der Waals surface area contributed by atoms with Gasteiger partial charge in [0.15, 0.2) is 0 Å². The number of benzene rings is 2. The van der Waals surface area contributed by atoms with E-state index in [0.29, 0.717) is 34.0 Å². The van der Waals surface area contributed by atoms with Crippen molar-refractivity contribution >= 4 is 40.7 Å². The molecule has 0 amide bonds. The normalized spacial score (nSPS) is 10.5. The van der Waals surface area contributed by atoms with Crippen LogP contribution in [0.25, 0.3) is 0 Å². The number of nitrogens with one attached hydrogen (secondary N) is 2. The highest BCUT2D eigenvalue weighted by atomic mass is 35.5. The first-order chi connectivity index (χ1) is 11.6. The van der Waals surface area contributed by atoms with Crippen LogP contribution in [0.3, 0.4) is 0 Å². The molecule has 122 valence electrons. The maximum atomic E-state index is 6.19. The summed E-state index contributed by atoms with van der Waals surface area (Å²) in [5.74, 6) is 1.21. The van der Waals surface area contributed by atoms with Gasteiger partial charge in [0.2, 0.25) is 5.95 Å². The van der Waals surface area contributed by atoms with Crippen LogP contribution in [0.2, 0.25) is 10.0 Å². The lowest BCUT2D eigenvalue weighted by atomic mass is 10.2. The van der Waals surface area contributed by atoms with Gasteiger partial charge in [-0.15, -0.1) is 0 Å². The second kappa shape index (κ2) is 7.51. The van der Waals surface area contributed by atoms with Crippen LogP contribution < -0.4 is 10.6 Å². The molecule has 0 fully saturated rings. The third-order valence-corrected chi connectivity index (χ3v) is 3.90. The van der Waals surface area contributed by atoms with Gasteiger partial charge in [-0.25, -0.2) is 4.98 Å². The smallest absolute Gasteiger partial charge is 0.225 e. The van der Waals surface area contributed by atoms with E-state index in [2.05, 4.69) is 20.6 Å². The second-order valence-corrected chi connectivity index (χ2v) is 6.15. The quantitative estimate of drug-likeness (QED) is 0.636. The van der Waals surface area contributed by atoms with Crippen LogP contribution in [-0.4, -0.2) is 9.97 Å². The lowest BCUT2D eigenvalue weighted by molar-refractivity contribution is 1.03. The number of hydrogen-bond donors (Lipinski definition) is 2. The molecular weight excluding hydrogens is 343 g/mol. The van der Waals surface area contributed by atoms with Crippen LogP contribution in [0, 0.1) is 6.92 Å². The molecule has 2 aromatic carbocycles. The molecule has 0 aliphatic heterocycles. The summed E-state index contributed by atoms with van der Waals surface area (Å²) in [7, 11) is 0. The third kappa shape index (κ3) is 4.37. The summed E-state index contributed by atoms with van der Waals surface area (Å²) in [6, 6.07) is 17.2. The number of nitrogens with zero attached hydrogens (tertiary/aromatic N) is 2. The zero-order chi connectivity index (χ0) is 16.9. The van der Waals surface area contributed by atoms with E-state index in [4.69, 9.17) is 23.2 Å². The molecule has 0 radical (unpaired) electrons. The van der Waals surface area contributed by atoms with Crippen molar-refractivity contribution in [2.24, 2.45) is 0 Å². The second-order valence-electron chi connectivity index (χ2n) is 5.31. The van der Waals surface area contributed by atoms with Crippen LogP contribution in [-0.2, 0) is 6.54 Å².